The van der Waals surface area contributed by atoms with E-state index in [1.165, 1.54) is 36.8 Å². The first-order chi connectivity index (χ1) is 12.8. The van der Waals surface area contributed by atoms with E-state index in [1.807, 2.05) is 6.07 Å². The van der Waals surface area contributed by atoms with Crippen molar-refractivity contribution < 1.29 is 9.53 Å². The topological polar surface area (TPSA) is 41.6 Å². The van der Waals surface area contributed by atoms with Gasteiger partial charge in [0.25, 0.3) is 5.91 Å². The average molecular weight is 357 g/mol. The van der Waals surface area contributed by atoms with Gasteiger partial charge < -0.3 is 15.0 Å². The third-order valence-corrected chi connectivity index (χ3v) is 6.38. The monoisotopic (exact) mass is 356 g/mol. The Morgan fingerprint density at radius 1 is 1.27 bits per heavy atom. The third-order valence-electron chi connectivity index (χ3n) is 6.38. The van der Waals surface area contributed by atoms with Gasteiger partial charge in [0, 0.05) is 24.7 Å². The van der Waals surface area contributed by atoms with E-state index < -0.39 is 0 Å². The molecule has 1 aromatic rings. The smallest absolute Gasteiger partial charge is 0.254 e. The summed E-state index contributed by atoms with van der Waals surface area (Å²) in [4.78, 5) is 14.9. The van der Waals surface area contributed by atoms with E-state index in [0.717, 1.165) is 57.0 Å². The van der Waals surface area contributed by atoms with Crippen LogP contribution in [-0.4, -0.2) is 36.5 Å². The molecule has 142 valence electrons. The van der Waals surface area contributed by atoms with E-state index in [0.29, 0.717) is 6.04 Å². The fourth-order valence-electron chi connectivity index (χ4n) is 4.75. The van der Waals surface area contributed by atoms with Gasteiger partial charge in [-0.1, -0.05) is 31.9 Å². The van der Waals surface area contributed by atoms with Crippen molar-refractivity contribution in [1.82, 2.24) is 10.2 Å². The van der Waals surface area contributed by atoms with Crippen LogP contribution in [0.2, 0.25) is 0 Å². The van der Waals surface area contributed by atoms with Gasteiger partial charge in [-0.3, -0.25) is 4.79 Å². The summed E-state index contributed by atoms with van der Waals surface area (Å²) in [6.45, 7) is 5.91. The zero-order valence-corrected chi connectivity index (χ0v) is 16.0. The Morgan fingerprint density at radius 3 is 2.92 bits per heavy atom. The number of hydrogen-bond donors (Lipinski definition) is 1. The molecule has 2 fully saturated rings. The number of fused-ring (bicyclic) bond motifs is 1. The van der Waals surface area contributed by atoms with Crippen LogP contribution >= 0.6 is 0 Å². The standard InChI is InChI=1S/C22H32N2O2/c1-2-3-5-16-7-10-21(26-15-16)17-8-9-20-18(12-17)14-24(22(20)25)19-6-4-11-23-13-19/h8-9,12,16,19,21,23H,2-7,10-11,13-15H2,1H3. The van der Waals surface area contributed by atoms with E-state index in [9.17, 15) is 4.79 Å². The molecule has 0 radical (unpaired) electrons. The van der Waals surface area contributed by atoms with Crippen molar-refractivity contribution in [3.8, 4) is 0 Å². The van der Waals surface area contributed by atoms with E-state index in [2.05, 4.69) is 29.3 Å². The average Bonchev–Trinajstić information content (AvgIpc) is 3.03. The van der Waals surface area contributed by atoms with Crippen LogP contribution in [0.25, 0.3) is 0 Å². The van der Waals surface area contributed by atoms with Gasteiger partial charge in [0.15, 0.2) is 0 Å². The zero-order chi connectivity index (χ0) is 17.9. The second-order valence-electron chi connectivity index (χ2n) is 8.26. The van der Waals surface area contributed by atoms with Crippen LogP contribution in [0.4, 0.5) is 0 Å². The lowest BCUT2D eigenvalue weighted by Gasteiger charge is -2.31. The van der Waals surface area contributed by atoms with Gasteiger partial charge >= 0.3 is 0 Å². The predicted molar refractivity (Wildman–Crippen MR) is 103 cm³/mol. The van der Waals surface area contributed by atoms with Gasteiger partial charge in [-0.05, 0) is 61.8 Å². The Morgan fingerprint density at radius 2 is 2.19 bits per heavy atom. The second kappa shape index (κ2) is 8.10. The number of amides is 1. The second-order valence-corrected chi connectivity index (χ2v) is 8.26. The number of ether oxygens (including phenoxy) is 1. The number of carbonyl (C=O) groups is 1. The van der Waals surface area contributed by atoms with Crippen LogP contribution in [0.5, 0.6) is 0 Å². The van der Waals surface area contributed by atoms with Gasteiger partial charge in [-0.25, -0.2) is 0 Å². The van der Waals surface area contributed by atoms with E-state index in [1.54, 1.807) is 0 Å². The number of unbranched alkanes of at least 4 members (excludes halogenated alkanes) is 1. The molecule has 2 saturated heterocycles. The maximum atomic E-state index is 12.8. The molecule has 1 aromatic carbocycles. The van der Waals surface area contributed by atoms with Crippen molar-refractivity contribution >= 4 is 5.91 Å². The summed E-state index contributed by atoms with van der Waals surface area (Å²) >= 11 is 0. The van der Waals surface area contributed by atoms with Gasteiger partial charge in [-0.2, -0.15) is 0 Å². The SMILES string of the molecule is CCCCC1CCC(c2ccc3c(c2)CN(C2CCCNC2)C3=O)OC1. The molecule has 4 rings (SSSR count). The molecule has 3 aliphatic rings. The summed E-state index contributed by atoms with van der Waals surface area (Å²) in [5, 5.41) is 3.43. The molecule has 0 aromatic heterocycles. The Kier molecular flexibility index (Phi) is 5.60. The van der Waals surface area contributed by atoms with Crippen LogP contribution in [-0.2, 0) is 11.3 Å². The first-order valence-electron chi connectivity index (χ1n) is 10.5. The van der Waals surface area contributed by atoms with Gasteiger partial charge in [0.2, 0.25) is 0 Å². The van der Waals surface area contributed by atoms with E-state index in [4.69, 9.17) is 4.74 Å². The largest absolute Gasteiger partial charge is 0.373 e. The number of benzene rings is 1. The Balaban J connectivity index is 1.41. The highest BCUT2D eigenvalue weighted by molar-refractivity contribution is 5.98. The van der Waals surface area contributed by atoms with Gasteiger partial charge in [-0.15, -0.1) is 0 Å². The molecule has 0 aliphatic carbocycles. The summed E-state index contributed by atoms with van der Waals surface area (Å²) in [6, 6.07) is 6.74. The number of rotatable bonds is 5. The molecular formula is C22H32N2O2. The Hall–Kier alpha value is -1.39. The van der Waals surface area contributed by atoms with Crippen molar-refractivity contribution in [3.63, 3.8) is 0 Å². The molecule has 3 heterocycles. The molecule has 1 amide bonds. The van der Waals surface area contributed by atoms with Crippen LogP contribution in [0.3, 0.4) is 0 Å². The lowest BCUT2D eigenvalue weighted by molar-refractivity contribution is -0.0198. The first-order valence-corrected chi connectivity index (χ1v) is 10.5. The molecule has 0 bridgehead atoms. The molecule has 3 atom stereocenters. The first kappa shape index (κ1) is 18.0. The lowest BCUT2D eigenvalue weighted by Crippen LogP contribution is -2.46. The molecule has 0 saturated carbocycles. The van der Waals surface area contributed by atoms with Crippen LogP contribution in [0, 0.1) is 5.92 Å². The maximum absolute atomic E-state index is 12.8. The zero-order valence-electron chi connectivity index (χ0n) is 16.0. The lowest BCUT2D eigenvalue weighted by atomic mass is 9.90. The molecular weight excluding hydrogens is 324 g/mol. The van der Waals surface area contributed by atoms with Crippen molar-refractivity contribution in [2.75, 3.05) is 19.7 Å². The highest BCUT2D eigenvalue weighted by Gasteiger charge is 2.34. The minimum atomic E-state index is 0.207. The van der Waals surface area contributed by atoms with Crippen molar-refractivity contribution in [2.45, 2.75) is 70.6 Å². The fourth-order valence-corrected chi connectivity index (χ4v) is 4.75. The van der Waals surface area contributed by atoms with Crippen LogP contribution < -0.4 is 5.32 Å². The highest BCUT2D eigenvalue weighted by Crippen LogP contribution is 2.35. The number of hydrogen-bond acceptors (Lipinski definition) is 3. The minimum Gasteiger partial charge on any atom is -0.373 e. The quantitative estimate of drug-likeness (QED) is 0.865. The van der Waals surface area contributed by atoms with Gasteiger partial charge in [0.05, 0.1) is 12.7 Å². The molecule has 1 N–H and O–H groups in total. The molecule has 3 aliphatic heterocycles. The molecule has 0 spiro atoms. The van der Waals surface area contributed by atoms with Crippen molar-refractivity contribution in [3.05, 3.63) is 34.9 Å². The number of carbonyl (C=O) groups excluding carboxylic acids is 1. The Bertz CT molecular complexity index is 631. The van der Waals surface area contributed by atoms with E-state index >= 15 is 0 Å². The summed E-state index contributed by atoms with van der Waals surface area (Å²) in [5.74, 6) is 0.945. The summed E-state index contributed by atoms with van der Waals surface area (Å²) in [5.41, 5.74) is 3.35. The van der Waals surface area contributed by atoms with Crippen molar-refractivity contribution in [1.29, 1.82) is 0 Å². The van der Waals surface area contributed by atoms with Gasteiger partial charge in [0.1, 0.15) is 0 Å². The van der Waals surface area contributed by atoms with Crippen LogP contribution in [0.15, 0.2) is 18.2 Å². The molecule has 4 heteroatoms. The number of nitrogens with zero attached hydrogens (tertiary/aromatic N) is 1. The highest BCUT2D eigenvalue weighted by atomic mass is 16.5. The fraction of sp³-hybridized carbons (Fsp3) is 0.682. The molecule has 26 heavy (non-hydrogen) atoms. The maximum Gasteiger partial charge on any atom is 0.254 e. The number of nitrogens with one attached hydrogen (secondary N) is 1. The summed E-state index contributed by atoms with van der Waals surface area (Å²) in [7, 11) is 0. The summed E-state index contributed by atoms with van der Waals surface area (Å²) in [6.07, 6.45) is 8.73. The molecule has 4 nitrogen and oxygen atoms in total. The normalized spacial score (nSPS) is 29.0. The Labute approximate surface area is 157 Å². The predicted octanol–water partition coefficient (Wildman–Crippen LogP) is 4.05. The number of piperidine rings is 1. The van der Waals surface area contributed by atoms with Crippen molar-refractivity contribution in [2.24, 2.45) is 5.92 Å². The van der Waals surface area contributed by atoms with E-state index in [-0.39, 0.29) is 12.0 Å². The van der Waals surface area contributed by atoms with Crippen LogP contribution in [0.1, 0.15) is 79.5 Å². The molecule has 3 unspecified atom stereocenters. The summed E-state index contributed by atoms with van der Waals surface area (Å²) < 4.78 is 6.19. The minimum absolute atomic E-state index is 0.207. The third kappa shape index (κ3) is 3.67.